The zero-order valence-electron chi connectivity index (χ0n) is 21.6. The number of fused-ring (bicyclic) bond motifs is 1. The van der Waals surface area contributed by atoms with Crippen molar-refractivity contribution in [1.82, 2.24) is 29.7 Å². The summed E-state index contributed by atoms with van der Waals surface area (Å²) >= 11 is 0. The Morgan fingerprint density at radius 1 is 1.11 bits per heavy atom. The van der Waals surface area contributed by atoms with Crippen molar-refractivity contribution in [3.63, 3.8) is 0 Å². The van der Waals surface area contributed by atoms with E-state index < -0.39 is 0 Å². The second-order valence-corrected chi connectivity index (χ2v) is 9.49. The smallest absolute Gasteiger partial charge is 0.255 e. The molecule has 3 aromatic heterocycles. The van der Waals surface area contributed by atoms with Gasteiger partial charge in [0.25, 0.3) is 5.91 Å². The van der Waals surface area contributed by atoms with Crippen LogP contribution in [0.3, 0.4) is 0 Å². The fraction of sp³-hybridized carbons (Fsp3) is 0.407. The molecule has 0 bridgehead atoms. The predicted octanol–water partition coefficient (Wildman–Crippen LogP) is 3.54. The van der Waals surface area contributed by atoms with Gasteiger partial charge in [0.1, 0.15) is 0 Å². The molecule has 3 N–H and O–H groups in total. The van der Waals surface area contributed by atoms with Gasteiger partial charge >= 0.3 is 0 Å². The zero-order valence-corrected chi connectivity index (χ0v) is 21.6. The van der Waals surface area contributed by atoms with E-state index in [1.165, 1.54) is 11.3 Å². The number of pyridine rings is 1. The van der Waals surface area contributed by atoms with Crippen LogP contribution >= 0.6 is 0 Å². The minimum atomic E-state index is -0.201. The first-order valence-corrected chi connectivity index (χ1v) is 12.9. The molecule has 0 aliphatic carbocycles. The summed E-state index contributed by atoms with van der Waals surface area (Å²) in [6, 6.07) is 10.7. The third-order valence-corrected chi connectivity index (χ3v) is 6.98. The highest BCUT2D eigenvalue weighted by molar-refractivity contribution is 6.01. The number of morpholine rings is 1. The average Bonchev–Trinajstić information content (AvgIpc) is 3.55. The molecule has 4 aromatic rings. The van der Waals surface area contributed by atoms with Crippen LogP contribution in [-0.4, -0.2) is 62.6 Å². The van der Waals surface area contributed by atoms with Crippen LogP contribution in [0, 0.1) is 0 Å². The second-order valence-electron chi connectivity index (χ2n) is 9.49. The molecule has 1 aliphatic rings. The Kier molecular flexibility index (Phi) is 7.09. The molecule has 5 rings (SSSR count). The maximum atomic E-state index is 13.0. The number of amides is 1. The Morgan fingerprint density at radius 3 is 2.57 bits per heavy atom. The summed E-state index contributed by atoms with van der Waals surface area (Å²) in [5.74, 6) is -0.0789. The number of hydrogen-bond donors (Lipinski definition) is 2. The first-order valence-electron chi connectivity index (χ1n) is 12.9. The topological polar surface area (TPSA) is 116 Å². The number of benzene rings is 1. The summed E-state index contributed by atoms with van der Waals surface area (Å²) in [7, 11) is 0. The Hall–Kier alpha value is -3.92. The van der Waals surface area contributed by atoms with E-state index in [1.54, 1.807) is 4.52 Å². The molecule has 0 radical (unpaired) electrons. The van der Waals surface area contributed by atoms with Gasteiger partial charge in [-0.05, 0) is 43.5 Å². The van der Waals surface area contributed by atoms with Crippen molar-refractivity contribution < 1.29 is 9.53 Å². The Bertz CT molecular complexity index is 1370. The monoisotopic (exact) mass is 502 g/mol. The summed E-state index contributed by atoms with van der Waals surface area (Å²) in [6.45, 7) is 9.52. The summed E-state index contributed by atoms with van der Waals surface area (Å²) in [5, 5.41) is 12.0. The van der Waals surface area contributed by atoms with Crippen molar-refractivity contribution in [2.45, 2.75) is 45.7 Å². The molecular weight excluding hydrogens is 468 g/mol. The van der Waals surface area contributed by atoms with Crippen molar-refractivity contribution in [3.05, 3.63) is 60.0 Å². The van der Waals surface area contributed by atoms with Crippen LogP contribution in [0.25, 0.3) is 16.8 Å². The molecule has 10 nitrogen and oxygen atoms in total. The first kappa shape index (κ1) is 24.8. The summed E-state index contributed by atoms with van der Waals surface area (Å²) < 4.78 is 9.02. The van der Waals surface area contributed by atoms with Crippen LogP contribution in [0.1, 0.15) is 55.6 Å². The van der Waals surface area contributed by atoms with Crippen LogP contribution in [0.2, 0.25) is 0 Å². The summed E-state index contributed by atoms with van der Waals surface area (Å²) in [6.07, 6.45) is 7.39. The van der Waals surface area contributed by atoms with E-state index in [2.05, 4.69) is 51.5 Å². The van der Waals surface area contributed by atoms with Crippen molar-refractivity contribution in [2.75, 3.05) is 36.9 Å². The molecule has 2 atom stereocenters. The van der Waals surface area contributed by atoms with Gasteiger partial charge in [0.15, 0.2) is 5.65 Å². The lowest BCUT2D eigenvalue weighted by Crippen LogP contribution is -2.36. The number of aromatic nitrogens is 5. The highest BCUT2D eigenvalue weighted by Gasteiger charge is 2.20. The quantitative estimate of drug-likeness (QED) is 0.379. The van der Waals surface area contributed by atoms with Crippen molar-refractivity contribution in [2.24, 2.45) is 0 Å². The molecular formula is C27H34N8O2. The van der Waals surface area contributed by atoms with E-state index in [0.717, 1.165) is 50.3 Å². The number of carbonyl (C=O) groups excluding carboxylic acids is 1. The third kappa shape index (κ3) is 5.15. The summed E-state index contributed by atoms with van der Waals surface area (Å²) in [4.78, 5) is 19.7. The van der Waals surface area contributed by atoms with Crippen molar-refractivity contribution in [1.29, 1.82) is 0 Å². The maximum Gasteiger partial charge on any atom is 0.255 e. The Morgan fingerprint density at radius 2 is 1.86 bits per heavy atom. The minimum Gasteiger partial charge on any atom is -0.378 e. The van der Waals surface area contributed by atoms with Crippen LogP contribution < -0.4 is 16.0 Å². The molecule has 194 valence electrons. The minimum absolute atomic E-state index is 0.0409. The number of nitrogen functional groups attached to an aromatic ring is 1. The van der Waals surface area contributed by atoms with Gasteiger partial charge in [-0.15, -0.1) is 5.10 Å². The van der Waals surface area contributed by atoms with Crippen LogP contribution in [0.15, 0.2) is 48.9 Å². The highest BCUT2D eigenvalue weighted by Crippen LogP contribution is 2.28. The molecule has 37 heavy (non-hydrogen) atoms. The number of anilines is 2. The molecule has 1 saturated heterocycles. The molecule has 1 aliphatic heterocycles. The first-order chi connectivity index (χ1) is 18.0. The SMILES string of the molecule is CCC(c1ccc(N2CCOCC2)cc1)n1cc(-c2cc(C(=O)N[C@@H](C)CC)c3nc(N)nn3c2)cn1. The van der Waals surface area contributed by atoms with Gasteiger partial charge in [0.2, 0.25) is 5.95 Å². The molecule has 1 aromatic carbocycles. The van der Waals surface area contributed by atoms with E-state index in [4.69, 9.17) is 15.6 Å². The predicted molar refractivity (Wildman–Crippen MR) is 144 cm³/mol. The number of nitrogens with two attached hydrogens (primary N) is 1. The van der Waals surface area contributed by atoms with E-state index >= 15 is 0 Å². The van der Waals surface area contributed by atoms with Gasteiger partial charge in [-0.3, -0.25) is 9.48 Å². The number of nitrogens with zero attached hydrogens (tertiary/aromatic N) is 6. The van der Waals surface area contributed by atoms with E-state index in [0.29, 0.717) is 11.2 Å². The average molecular weight is 503 g/mol. The summed E-state index contributed by atoms with van der Waals surface area (Å²) in [5.41, 5.74) is 10.8. The van der Waals surface area contributed by atoms with Gasteiger partial charge in [0.05, 0.1) is 31.0 Å². The molecule has 10 heteroatoms. The molecule has 1 unspecified atom stereocenters. The maximum absolute atomic E-state index is 13.0. The Balaban J connectivity index is 1.43. The third-order valence-electron chi connectivity index (χ3n) is 6.98. The fourth-order valence-electron chi connectivity index (χ4n) is 4.69. The molecule has 1 amide bonds. The zero-order chi connectivity index (χ0) is 25.9. The van der Waals surface area contributed by atoms with Gasteiger partial charge in [-0.25, -0.2) is 4.52 Å². The van der Waals surface area contributed by atoms with Gasteiger partial charge in [-0.2, -0.15) is 10.1 Å². The largest absolute Gasteiger partial charge is 0.378 e. The van der Waals surface area contributed by atoms with Gasteiger partial charge in [0, 0.05) is 48.3 Å². The lowest BCUT2D eigenvalue weighted by Gasteiger charge is -2.29. The highest BCUT2D eigenvalue weighted by atomic mass is 16.5. The van der Waals surface area contributed by atoms with Crippen LogP contribution in [-0.2, 0) is 4.74 Å². The Labute approximate surface area is 216 Å². The van der Waals surface area contributed by atoms with E-state index in [1.807, 2.05) is 43.2 Å². The number of ether oxygens (including phenoxy) is 1. The van der Waals surface area contributed by atoms with Crippen LogP contribution in [0.4, 0.5) is 11.6 Å². The van der Waals surface area contributed by atoms with Crippen molar-refractivity contribution in [3.8, 4) is 11.1 Å². The normalized spacial score (nSPS) is 15.6. The van der Waals surface area contributed by atoms with Gasteiger partial charge < -0.3 is 20.7 Å². The second kappa shape index (κ2) is 10.6. The van der Waals surface area contributed by atoms with Crippen molar-refractivity contribution >= 4 is 23.2 Å². The number of rotatable bonds is 8. The lowest BCUT2D eigenvalue weighted by atomic mass is 10.0. The fourth-order valence-corrected chi connectivity index (χ4v) is 4.69. The number of nitrogens with one attached hydrogen (secondary N) is 1. The van der Waals surface area contributed by atoms with Gasteiger partial charge in [-0.1, -0.05) is 26.0 Å². The molecule has 1 fully saturated rings. The van der Waals surface area contributed by atoms with Crippen LogP contribution in [0.5, 0.6) is 0 Å². The van der Waals surface area contributed by atoms with E-state index in [9.17, 15) is 4.79 Å². The lowest BCUT2D eigenvalue weighted by molar-refractivity contribution is 0.0940. The number of hydrogen-bond acceptors (Lipinski definition) is 7. The molecule has 0 saturated carbocycles. The molecule has 0 spiro atoms. The molecule has 4 heterocycles. The standard InChI is InChI=1S/C27H34N8O2/c1-4-18(3)30-26(36)23-14-20(16-35-25(23)31-27(28)32-35)21-15-29-34(17-21)24(5-2)19-6-8-22(9-7-19)33-10-12-37-13-11-33/h6-9,14-18,24H,4-5,10-13H2,1-3H3,(H2,28,32)(H,30,36)/t18-,24?/m0/s1. The number of carbonyl (C=O) groups is 1. The van der Waals surface area contributed by atoms with E-state index in [-0.39, 0.29) is 23.9 Å².